The maximum atomic E-state index is 6.36. The highest BCUT2D eigenvalue weighted by molar-refractivity contribution is 8.01. The Labute approximate surface area is 283 Å². The number of hydrogen-bond acceptors (Lipinski definition) is 5. The van der Waals surface area contributed by atoms with Crippen molar-refractivity contribution in [3.05, 3.63) is 138 Å². The zero-order valence-electron chi connectivity index (χ0n) is 27.5. The van der Waals surface area contributed by atoms with E-state index in [1.165, 1.54) is 28.0 Å². The fourth-order valence-corrected chi connectivity index (χ4v) is 9.16. The lowest BCUT2D eigenvalue weighted by Gasteiger charge is -2.38. The molecule has 1 unspecified atom stereocenters. The quantitative estimate of drug-likeness (QED) is 0.119. The lowest BCUT2D eigenvalue weighted by Crippen LogP contribution is -2.30. The maximum absolute atomic E-state index is 6.36. The predicted molar refractivity (Wildman–Crippen MR) is 193 cm³/mol. The summed E-state index contributed by atoms with van der Waals surface area (Å²) in [7, 11) is 0. The van der Waals surface area contributed by atoms with Gasteiger partial charge in [-0.1, -0.05) is 107 Å². The summed E-state index contributed by atoms with van der Waals surface area (Å²) in [6, 6.07) is 35.2. The molecular formula is C39H46N4OS2. The number of aromatic nitrogens is 4. The first kappa shape index (κ1) is 32.7. The predicted octanol–water partition coefficient (Wildman–Crippen LogP) is 10.1. The van der Waals surface area contributed by atoms with Gasteiger partial charge >= 0.3 is 0 Å². The van der Waals surface area contributed by atoms with E-state index in [-0.39, 0.29) is 16.3 Å². The minimum atomic E-state index is -0.228. The Hall–Kier alpha value is -3.26. The summed E-state index contributed by atoms with van der Waals surface area (Å²) in [5.41, 5.74) is 6.23. The average Bonchev–Trinajstić information content (AvgIpc) is 3.78. The van der Waals surface area contributed by atoms with Crippen LogP contribution in [0.25, 0.3) is 0 Å². The van der Waals surface area contributed by atoms with Crippen LogP contribution in [0.3, 0.4) is 0 Å². The van der Waals surface area contributed by atoms with Crippen molar-refractivity contribution in [1.82, 2.24) is 19.6 Å². The van der Waals surface area contributed by atoms with E-state index < -0.39 is 0 Å². The lowest BCUT2D eigenvalue weighted by atomic mass is 9.88. The smallest absolute Gasteiger partial charge is 0.169 e. The molecule has 1 fully saturated rings. The van der Waals surface area contributed by atoms with Crippen LogP contribution in [0.2, 0.25) is 0 Å². The number of ether oxygens (including phenoxy) is 1. The van der Waals surface area contributed by atoms with Crippen LogP contribution in [0.1, 0.15) is 99.5 Å². The monoisotopic (exact) mass is 650 g/mol. The minimum absolute atomic E-state index is 0.179. The van der Waals surface area contributed by atoms with Crippen molar-refractivity contribution in [3.63, 3.8) is 0 Å². The summed E-state index contributed by atoms with van der Waals surface area (Å²) in [5, 5.41) is 10.1. The molecule has 3 aromatic carbocycles. The second-order valence-corrected chi connectivity index (χ2v) is 15.3. The van der Waals surface area contributed by atoms with E-state index in [0.29, 0.717) is 11.8 Å². The molecule has 240 valence electrons. The van der Waals surface area contributed by atoms with Crippen molar-refractivity contribution in [2.24, 2.45) is 0 Å². The summed E-state index contributed by atoms with van der Waals surface area (Å²) in [4.78, 5) is 1.25. The Bertz CT molecular complexity index is 1570. The number of nitrogens with zero attached hydrogens (tertiary/aromatic N) is 4. The van der Waals surface area contributed by atoms with E-state index in [4.69, 9.17) is 14.9 Å². The van der Waals surface area contributed by atoms with E-state index in [1.54, 1.807) is 0 Å². The summed E-state index contributed by atoms with van der Waals surface area (Å²) < 4.78 is 10.3. The van der Waals surface area contributed by atoms with Gasteiger partial charge in [0, 0.05) is 29.5 Å². The van der Waals surface area contributed by atoms with Gasteiger partial charge in [-0.15, -0.1) is 23.5 Å². The molecule has 0 amide bonds. The molecule has 0 radical (unpaired) electrons. The SMILES string of the molecule is CC(C)c1ccn(C(c2ccccc2SCCC(SC2CCCCO2)(c2ccccc2)c2ccccc2)n2ccc(C(C)C)n2)n1. The summed E-state index contributed by atoms with van der Waals surface area (Å²) >= 11 is 3.94. The van der Waals surface area contributed by atoms with Crippen LogP contribution in [0.15, 0.2) is 114 Å². The topological polar surface area (TPSA) is 44.9 Å². The third-order valence-electron chi connectivity index (χ3n) is 8.80. The van der Waals surface area contributed by atoms with E-state index in [2.05, 4.69) is 147 Å². The number of thioether (sulfide) groups is 2. The highest BCUT2D eigenvalue weighted by atomic mass is 32.2. The molecule has 1 atom stereocenters. The van der Waals surface area contributed by atoms with Gasteiger partial charge in [0.2, 0.25) is 0 Å². The van der Waals surface area contributed by atoms with Crippen LogP contribution in [-0.2, 0) is 9.48 Å². The van der Waals surface area contributed by atoms with E-state index in [1.807, 2.05) is 23.5 Å². The fraction of sp³-hybridized carbons (Fsp3) is 0.385. The Morgan fingerprint density at radius 3 is 1.83 bits per heavy atom. The van der Waals surface area contributed by atoms with Crippen molar-refractivity contribution in [1.29, 1.82) is 0 Å². The normalized spacial score (nSPS) is 15.7. The highest BCUT2D eigenvalue weighted by Gasteiger charge is 2.38. The molecule has 2 aromatic heterocycles. The molecule has 5 nitrogen and oxygen atoms in total. The molecule has 1 aliphatic rings. The molecule has 0 aliphatic carbocycles. The molecule has 0 saturated carbocycles. The van der Waals surface area contributed by atoms with Crippen LogP contribution in [-0.4, -0.2) is 37.4 Å². The van der Waals surface area contributed by atoms with Gasteiger partial charge in [-0.3, -0.25) is 0 Å². The summed E-state index contributed by atoms with van der Waals surface area (Å²) in [6.45, 7) is 9.62. The molecule has 1 saturated heterocycles. The third kappa shape index (κ3) is 7.32. The van der Waals surface area contributed by atoms with Crippen LogP contribution < -0.4 is 0 Å². The van der Waals surface area contributed by atoms with Crippen molar-refractivity contribution < 1.29 is 4.74 Å². The van der Waals surface area contributed by atoms with Crippen LogP contribution in [0.5, 0.6) is 0 Å². The average molecular weight is 651 g/mol. The van der Waals surface area contributed by atoms with E-state index >= 15 is 0 Å². The van der Waals surface area contributed by atoms with Crippen LogP contribution >= 0.6 is 23.5 Å². The van der Waals surface area contributed by atoms with Crippen molar-refractivity contribution in [3.8, 4) is 0 Å². The van der Waals surface area contributed by atoms with Crippen molar-refractivity contribution in [2.45, 2.75) is 86.5 Å². The highest BCUT2D eigenvalue weighted by Crippen LogP contribution is 2.50. The zero-order valence-corrected chi connectivity index (χ0v) is 29.1. The van der Waals surface area contributed by atoms with Crippen molar-refractivity contribution >= 4 is 23.5 Å². The van der Waals surface area contributed by atoms with E-state index in [9.17, 15) is 0 Å². The first-order valence-corrected chi connectivity index (χ1v) is 18.5. The van der Waals surface area contributed by atoms with E-state index in [0.717, 1.165) is 43.0 Å². The molecule has 0 bridgehead atoms. The minimum Gasteiger partial charge on any atom is -0.368 e. The maximum Gasteiger partial charge on any atom is 0.169 e. The fourth-order valence-electron chi connectivity index (χ4n) is 6.22. The molecule has 46 heavy (non-hydrogen) atoms. The van der Waals surface area contributed by atoms with Crippen LogP contribution in [0, 0.1) is 0 Å². The van der Waals surface area contributed by atoms with Gasteiger partial charge in [-0.2, -0.15) is 10.2 Å². The first-order chi connectivity index (χ1) is 22.4. The molecular weight excluding hydrogens is 605 g/mol. The van der Waals surface area contributed by atoms with Gasteiger partial charge in [-0.05, 0) is 72.6 Å². The number of hydrogen-bond donors (Lipinski definition) is 0. The largest absolute Gasteiger partial charge is 0.368 e. The second kappa shape index (κ2) is 15.1. The van der Waals surface area contributed by atoms with Gasteiger partial charge in [0.25, 0.3) is 0 Å². The Balaban J connectivity index is 1.35. The molecule has 3 heterocycles. The second-order valence-electron chi connectivity index (χ2n) is 12.7. The number of rotatable bonds is 13. The third-order valence-corrected chi connectivity index (χ3v) is 11.6. The molecule has 6 rings (SSSR count). The van der Waals surface area contributed by atoms with Crippen molar-refractivity contribution in [2.75, 3.05) is 12.4 Å². The molecule has 5 aromatic rings. The molecule has 0 spiro atoms. The van der Waals surface area contributed by atoms with Gasteiger partial charge in [0.05, 0.1) is 16.1 Å². The van der Waals surface area contributed by atoms with Gasteiger partial charge in [0.1, 0.15) is 5.44 Å². The summed E-state index contributed by atoms with van der Waals surface area (Å²) in [5.74, 6) is 1.65. The number of benzene rings is 3. The summed E-state index contributed by atoms with van der Waals surface area (Å²) in [6.07, 6.45) is 8.46. The van der Waals surface area contributed by atoms with Crippen LogP contribution in [0.4, 0.5) is 0 Å². The molecule has 7 heteroatoms. The lowest BCUT2D eigenvalue weighted by molar-refractivity contribution is 0.0719. The van der Waals surface area contributed by atoms with Gasteiger partial charge in [-0.25, -0.2) is 9.36 Å². The zero-order chi connectivity index (χ0) is 31.9. The Morgan fingerprint density at radius 1 is 0.739 bits per heavy atom. The molecule has 0 N–H and O–H groups in total. The Morgan fingerprint density at radius 2 is 1.30 bits per heavy atom. The first-order valence-electron chi connectivity index (χ1n) is 16.7. The molecule has 1 aliphatic heterocycles. The van der Waals surface area contributed by atoms with Gasteiger partial charge < -0.3 is 4.74 Å². The van der Waals surface area contributed by atoms with Gasteiger partial charge in [0.15, 0.2) is 6.17 Å². The standard InChI is InChI=1S/C39H46N4OS2/c1-29(2)34-22-25-42(40-34)38(43-26-23-35(41-43)30(3)4)33-19-11-12-20-36(33)45-28-24-39(31-15-7-5-8-16-31,32-17-9-6-10-18-32)46-37-21-13-14-27-44-37/h5-12,15-20,22-23,25-26,29-30,37-38H,13-14,21,24,27-28H2,1-4H3. The Kier molecular flexibility index (Phi) is 10.7.